The Kier molecular flexibility index (Phi) is 6.18. The van der Waals surface area contributed by atoms with Crippen LogP contribution in [0.25, 0.3) is 0 Å². The lowest BCUT2D eigenvalue weighted by Gasteiger charge is -2.07. The van der Waals surface area contributed by atoms with Crippen LogP contribution in [0, 0.1) is 10.1 Å². The van der Waals surface area contributed by atoms with Crippen LogP contribution in [0.1, 0.15) is 19.3 Å². The van der Waals surface area contributed by atoms with E-state index in [1.54, 1.807) is 0 Å². The molecule has 0 radical (unpaired) electrons. The van der Waals surface area contributed by atoms with Crippen molar-refractivity contribution in [1.29, 1.82) is 0 Å². The van der Waals surface area contributed by atoms with Crippen molar-refractivity contribution in [2.45, 2.75) is 19.3 Å². The molecular formula is C11H15ClN2O5S. The molecule has 0 amide bonds. The number of hydrogen-bond donors (Lipinski definition) is 1. The summed E-state index contributed by atoms with van der Waals surface area (Å²) in [5.41, 5.74) is -0.101. The van der Waals surface area contributed by atoms with Crippen LogP contribution in [0.3, 0.4) is 0 Å². The normalized spacial score (nSPS) is 11.3. The van der Waals surface area contributed by atoms with Crippen LogP contribution in [0.4, 0.5) is 5.69 Å². The van der Waals surface area contributed by atoms with Gasteiger partial charge in [0.25, 0.3) is 5.69 Å². The SMILES string of the molecule is NS(=O)(=O)CCCCCOc1ccc([N+](=O)[O-])cc1Cl. The van der Waals surface area contributed by atoms with Gasteiger partial charge in [0.15, 0.2) is 0 Å². The number of nitrogens with two attached hydrogens (primary N) is 1. The first-order valence-corrected chi connectivity index (χ1v) is 7.96. The van der Waals surface area contributed by atoms with Crippen molar-refractivity contribution in [3.8, 4) is 5.75 Å². The Bertz CT molecular complexity index is 576. The van der Waals surface area contributed by atoms with Crippen LogP contribution in [-0.4, -0.2) is 25.7 Å². The summed E-state index contributed by atoms with van der Waals surface area (Å²) in [5, 5.41) is 15.6. The zero-order valence-electron chi connectivity index (χ0n) is 10.6. The molecule has 0 unspecified atom stereocenters. The van der Waals surface area contributed by atoms with E-state index in [1.807, 2.05) is 0 Å². The fourth-order valence-corrected chi connectivity index (χ4v) is 2.32. The first-order chi connectivity index (χ1) is 9.29. The number of primary sulfonamides is 1. The van der Waals surface area contributed by atoms with Crippen molar-refractivity contribution in [1.82, 2.24) is 0 Å². The fraction of sp³-hybridized carbons (Fsp3) is 0.455. The van der Waals surface area contributed by atoms with Gasteiger partial charge in [-0.1, -0.05) is 11.6 Å². The number of halogens is 1. The van der Waals surface area contributed by atoms with Crippen LogP contribution in [0.5, 0.6) is 5.75 Å². The second-order valence-corrected chi connectivity index (χ2v) is 6.29. The molecule has 2 N–H and O–H groups in total. The fourth-order valence-electron chi connectivity index (χ4n) is 1.48. The second-order valence-electron chi connectivity index (χ2n) is 4.15. The van der Waals surface area contributed by atoms with Gasteiger partial charge in [0, 0.05) is 12.1 Å². The Morgan fingerprint density at radius 2 is 2.00 bits per heavy atom. The first-order valence-electron chi connectivity index (χ1n) is 5.87. The van der Waals surface area contributed by atoms with E-state index in [9.17, 15) is 18.5 Å². The molecule has 0 fully saturated rings. The molecule has 0 aliphatic carbocycles. The van der Waals surface area contributed by atoms with Gasteiger partial charge >= 0.3 is 0 Å². The number of hydrogen-bond acceptors (Lipinski definition) is 5. The van der Waals surface area contributed by atoms with Crippen molar-refractivity contribution >= 4 is 27.3 Å². The minimum atomic E-state index is -3.41. The Labute approximate surface area is 121 Å². The molecule has 0 aliphatic heterocycles. The lowest BCUT2D eigenvalue weighted by atomic mass is 10.2. The van der Waals surface area contributed by atoms with Crippen molar-refractivity contribution in [3.63, 3.8) is 0 Å². The highest BCUT2D eigenvalue weighted by atomic mass is 35.5. The Morgan fingerprint density at radius 1 is 1.30 bits per heavy atom. The van der Waals surface area contributed by atoms with Crippen LogP contribution in [0.2, 0.25) is 5.02 Å². The molecule has 1 aromatic rings. The van der Waals surface area contributed by atoms with Crippen LogP contribution in [-0.2, 0) is 10.0 Å². The molecule has 0 atom stereocenters. The van der Waals surface area contributed by atoms with Crippen molar-refractivity contribution < 1.29 is 18.1 Å². The number of benzene rings is 1. The molecule has 0 spiro atoms. The van der Waals surface area contributed by atoms with Gasteiger partial charge in [0.05, 0.1) is 22.3 Å². The molecule has 0 heterocycles. The van der Waals surface area contributed by atoms with Crippen LogP contribution < -0.4 is 9.88 Å². The summed E-state index contributed by atoms with van der Waals surface area (Å²) < 4.78 is 26.8. The van der Waals surface area contributed by atoms with Gasteiger partial charge in [0.1, 0.15) is 5.75 Å². The van der Waals surface area contributed by atoms with Gasteiger partial charge in [-0.15, -0.1) is 0 Å². The molecule has 9 heteroatoms. The van der Waals surface area contributed by atoms with Gasteiger partial charge < -0.3 is 4.74 Å². The number of nitro benzene ring substituents is 1. The Balaban J connectivity index is 2.34. The smallest absolute Gasteiger partial charge is 0.271 e. The van der Waals surface area contributed by atoms with E-state index in [2.05, 4.69) is 0 Å². The molecule has 1 aromatic carbocycles. The standard InChI is InChI=1S/C11H15ClN2O5S/c12-10-8-9(14(15)16)4-5-11(10)19-6-2-1-3-7-20(13,17)18/h4-5,8H,1-3,6-7H2,(H2,13,17,18). The summed E-state index contributed by atoms with van der Waals surface area (Å²) in [6.07, 6.45) is 1.76. The van der Waals surface area contributed by atoms with E-state index in [1.165, 1.54) is 18.2 Å². The third-order valence-electron chi connectivity index (χ3n) is 2.46. The quantitative estimate of drug-likeness (QED) is 0.447. The number of rotatable bonds is 8. The van der Waals surface area contributed by atoms with Crippen molar-refractivity contribution in [3.05, 3.63) is 33.3 Å². The predicted octanol–water partition coefficient (Wildman–Crippen LogP) is 2.09. The molecular weight excluding hydrogens is 308 g/mol. The molecule has 0 saturated carbocycles. The van der Waals surface area contributed by atoms with E-state index in [-0.39, 0.29) is 16.5 Å². The zero-order valence-corrected chi connectivity index (χ0v) is 12.2. The third-order valence-corrected chi connectivity index (χ3v) is 3.61. The van der Waals surface area contributed by atoms with E-state index in [0.717, 1.165) is 0 Å². The summed E-state index contributed by atoms with van der Waals surface area (Å²) >= 11 is 5.85. The summed E-state index contributed by atoms with van der Waals surface area (Å²) in [7, 11) is -3.41. The molecule has 20 heavy (non-hydrogen) atoms. The molecule has 0 bridgehead atoms. The van der Waals surface area contributed by atoms with Crippen LogP contribution >= 0.6 is 11.6 Å². The maximum Gasteiger partial charge on any atom is 0.271 e. The molecule has 1 rings (SSSR count). The Morgan fingerprint density at radius 3 is 2.55 bits per heavy atom. The highest BCUT2D eigenvalue weighted by molar-refractivity contribution is 7.89. The van der Waals surface area contributed by atoms with Crippen molar-refractivity contribution in [2.75, 3.05) is 12.4 Å². The van der Waals surface area contributed by atoms with E-state index >= 15 is 0 Å². The monoisotopic (exact) mass is 322 g/mol. The maximum absolute atomic E-state index is 10.7. The summed E-state index contributed by atoms with van der Waals surface area (Å²) in [5.74, 6) is 0.314. The average molecular weight is 323 g/mol. The van der Waals surface area contributed by atoms with Gasteiger partial charge in [-0.2, -0.15) is 0 Å². The topological polar surface area (TPSA) is 113 Å². The number of ether oxygens (including phenoxy) is 1. The summed E-state index contributed by atoms with van der Waals surface area (Å²) in [6, 6.07) is 3.96. The van der Waals surface area contributed by atoms with Crippen LogP contribution in [0.15, 0.2) is 18.2 Å². The Hall–Kier alpha value is -1.38. The highest BCUT2D eigenvalue weighted by Gasteiger charge is 2.10. The molecule has 112 valence electrons. The number of unbranched alkanes of at least 4 members (excludes halogenated alkanes) is 2. The number of nitro groups is 1. The maximum atomic E-state index is 10.7. The largest absolute Gasteiger partial charge is 0.492 e. The zero-order chi connectivity index (χ0) is 15.2. The summed E-state index contributed by atoms with van der Waals surface area (Å²) in [6.45, 7) is 0.349. The lowest BCUT2D eigenvalue weighted by molar-refractivity contribution is -0.384. The molecule has 0 aromatic heterocycles. The van der Waals surface area contributed by atoms with E-state index in [0.29, 0.717) is 31.6 Å². The number of sulfonamides is 1. The third kappa shape index (κ3) is 6.18. The summed E-state index contributed by atoms with van der Waals surface area (Å²) in [4.78, 5) is 9.99. The predicted molar refractivity (Wildman–Crippen MR) is 75.4 cm³/mol. The van der Waals surface area contributed by atoms with Gasteiger partial charge in [-0.3, -0.25) is 10.1 Å². The van der Waals surface area contributed by atoms with Gasteiger partial charge in [-0.05, 0) is 25.3 Å². The van der Waals surface area contributed by atoms with E-state index < -0.39 is 14.9 Å². The average Bonchev–Trinajstić information content (AvgIpc) is 2.33. The van der Waals surface area contributed by atoms with Crippen molar-refractivity contribution in [2.24, 2.45) is 5.14 Å². The minimum absolute atomic E-state index is 0.0503. The molecule has 0 aliphatic rings. The number of nitrogens with zero attached hydrogens (tertiary/aromatic N) is 1. The van der Waals surface area contributed by atoms with Gasteiger partial charge in [-0.25, -0.2) is 13.6 Å². The molecule has 7 nitrogen and oxygen atoms in total. The molecule has 0 saturated heterocycles. The minimum Gasteiger partial charge on any atom is -0.492 e. The second kappa shape index (κ2) is 7.41. The van der Waals surface area contributed by atoms with E-state index in [4.69, 9.17) is 21.5 Å². The number of non-ortho nitro benzene ring substituents is 1. The lowest BCUT2D eigenvalue weighted by Crippen LogP contribution is -2.16. The first kappa shape index (κ1) is 16.7. The highest BCUT2D eigenvalue weighted by Crippen LogP contribution is 2.28. The van der Waals surface area contributed by atoms with Gasteiger partial charge in [0.2, 0.25) is 10.0 Å².